The maximum atomic E-state index is 12.4. The molecule has 2 aliphatic heterocycles. The number of ether oxygens (including phenoxy) is 1. The molecule has 1 unspecified atom stereocenters. The normalized spacial score (nSPS) is 19.2. The molecule has 1 N–H and O–H groups in total. The third-order valence-electron chi connectivity index (χ3n) is 5.73. The van der Waals surface area contributed by atoms with Gasteiger partial charge in [-0.3, -0.25) is 4.79 Å². The minimum atomic E-state index is -0.384. The molecule has 0 bridgehead atoms. The van der Waals surface area contributed by atoms with Gasteiger partial charge in [0.1, 0.15) is 17.7 Å². The number of aromatic nitrogens is 1. The molecule has 29 heavy (non-hydrogen) atoms. The number of aryl methyl sites for hydroxylation is 1. The summed E-state index contributed by atoms with van der Waals surface area (Å²) in [5, 5.41) is 18.7. The number of hydrogen-bond donors (Lipinski definition) is 1. The van der Waals surface area contributed by atoms with Gasteiger partial charge in [-0.15, -0.1) is 0 Å². The third-order valence-corrected chi connectivity index (χ3v) is 5.73. The molecule has 3 heterocycles. The second kappa shape index (κ2) is 7.72. The lowest BCUT2D eigenvalue weighted by molar-refractivity contribution is 0.0715. The summed E-state index contributed by atoms with van der Waals surface area (Å²) in [6.45, 7) is 3.42. The zero-order valence-electron chi connectivity index (χ0n) is 16.6. The number of hydrogen-bond acceptors (Lipinski definition) is 6. The highest BCUT2D eigenvalue weighted by atomic mass is 16.5. The van der Waals surface area contributed by atoms with Crippen molar-refractivity contribution in [1.29, 1.82) is 5.26 Å². The standard InChI is InChI=1S/C22H24N4O3/c1-14-10-18-20(19(13-27)25(2)22(18)28)24-21(14)26-8-6-16(7-9-26)29-17-5-3-4-15(11-17)12-23/h3-5,10-11,16,19,27H,6-9,13H2,1-2H3. The summed E-state index contributed by atoms with van der Waals surface area (Å²) < 4.78 is 6.07. The van der Waals surface area contributed by atoms with E-state index in [0.717, 1.165) is 43.1 Å². The number of aliphatic hydroxyl groups is 1. The van der Waals surface area contributed by atoms with Crippen LogP contribution in [0.15, 0.2) is 30.3 Å². The fraction of sp³-hybridized carbons (Fsp3) is 0.409. The minimum absolute atomic E-state index is 0.0899. The van der Waals surface area contributed by atoms with E-state index < -0.39 is 0 Å². The van der Waals surface area contributed by atoms with E-state index in [1.54, 1.807) is 24.1 Å². The van der Waals surface area contributed by atoms with E-state index in [-0.39, 0.29) is 24.7 Å². The van der Waals surface area contributed by atoms with Crippen LogP contribution in [0.5, 0.6) is 5.75 Å². The van der Waals surface area contributed by atoms with Gasteiger partial charge in [-0.1, -0.05) is 6.07 Å². The molecule has 0 spiro atoms. The zero-order chi connectivity index (χ0) is 20.5. The number of likely N-dealkylation sites (N-methyl/N-ethyl adjacent to an activating group) is 1. The molecule has 2 aromatic rings. The zero-order valence-corrected chi connectivity index (χ0v) is 16.6. The summed E-state index contributed by atoms with van der Waals surface area (Å²) in [5.74, 6) is 1.50. The maximum Gasteiger partial charge on any atom is 0.256 e. The first kappa shape index (κ1) is 19.2. The Labute approximate surface area is 170 Å². The summed E-state index contributed by atoms with van der Waals surface area (Å²) >= 11 is 0. The number of aliphatic hydroxyl groups excluding tert-OH is 1. The molecule has 1 fully saturated rings. The van der Waals surface area contributed by atoms with Crippen LogP contribution in [0.4, 0.5) is 5.82 Å². The van der Waals surface area contributed by atoms with E-state index in [0.29, 0.717) is 16.8 Å². The smallest absolute Gasteiger partial charge is 0.256 e. The van der Waals surface area contributed by atoms with Crippen molar-refractivity contribution in [2.24, 2.45) is 0 Å². The predicted molar refractivity (Wildman–Crippen MR) is 108 cm³/mol. The van der Waals surface area contributed by atoms with Gasteiger partial charge in [0, 0.05) is 33.0 Å². The van der Waals surface area contributed by atoms with Crippen LogP contribution in [0, 0.1) is 18.3 Å². The highest BCUT2D eigenvalue weighted by molar-refractivity contribution is 5.99. The average Bonchev–Trinajstić information content (AvgIpc) is 2.97. The molecule has 0 radical (unpaired) electrons. The average molecular weight is 392 g/mol. The molecule has 4 rings (SSSR count). The van der Waals surface area contributed by atoms with Gasteiger partial charge in [0.2, 0.25) is 0 Å². The monoisotopic (exact) mass is 392 g/mol. The highest BCUT2D eigenvalue weighted by Gasteiger charge is 2.36. The quantitative estimate of drug-likeness (QED) is 0.860. The number of fused-ring (bicyclic) bond motifs is 1. The molecule has 150 valence electrons. The molecule has 2 aliphatic rings. The van der Waals surface area contributed by atoms with E-state index >= 15 is 0 Å². The molecule has 0 saturated carbocycles. The highest BCUT2D eigenvalue weighted by Crippen LogP contribution is 2.34. The summed E-state index contributed by atoms with van der Waals surface area (Å²) in [6, 6.07) is 10.9. The maximum absolute atomic E-state index is 12.4. The van der Waals surface area contributed by atoms with Gasteiger partial charge in [0.25, 0.3) is 5.91 Å². The number of nitrogens with zero attached hydrogens (tertiary/aromatic N) is 4. The van der Waals surface area contributed by atoms with Gasteiger partial charge in [0.15, 0.2) is 0 Å². The van der Waals surface area contributed by atoms with E-state index in [2.05, 4.69) is 11.0 Å². The Morgan fingerprint density at radius 2 is 2.07 bits per heavy atom. The molecular formula is C22H24N4O3. The van der Waals surface area contributed by atoms with Crippen LogP contribution < -0.4 is 9.64 Å². The fourth-order valence-corrected chi connectivity index (χ4v) is 4.10. The van der Waals surface area contributed by atoms with E-state index in [1.165, 1.54) is 0 Å². The fourth-order valence-electron chi connectivity index (χ4n) is 4.10. The lowest BCUT2D eigenvalue weighted by atomic mass is 10.0. The summed E-state index contributed by atoms with van der Waals surface area (Å²) in [7, 11) is 1.70. The van der Waals surface area contributed by atoms with Crippen molar-refractivity contribution in [3.63, 3.8) is 0 Å². The van der Waals surface area contributed by atoms with Gasteiger partial charge >= 0.3 is 0 Å². The van der Waals surface area contributed by atoms with Crippen LogP contribution in [0.1, 0.15) is 46.1 Å². The number of piperidine rings is 1. The number of carbonyl (C=O) groups is 1. The van der Waals surface area contributed by atoms with Crippen molar-refractivity contribution in [1.82, 2.24) is 9.88 Å². The number of nitriles is 1. The Hall–Kier alpha value is -3.11. The Morgan fingerprint density at radius 1 is 1.31 bits per heavy atom. The molecule has 1 aromatic carbocycles. The molecule has 0 aliphatic carbocycles. The van der Waals surface area contributed by atoms with Gasteiger partial charge in [-0.25, -0.2) is 4.98 Å². The van der Waals surface area contributed by atoms with Crippen LogP contribution >= 0.6 is 0 Å². The first-order valence-corrected chi connectivity index (χ1v) is 9.83. The lowest BCUT2D eigenvalue weighted by Crippen LogP contribution is -2.39. The van der Waals surface area contributed by atoms with Gasteiger partial charge in [-0.05, 0) is 36.8 Å². The molecule has 7 heteroatoms. The van der Waals surface area contributed by atoms with Crippen LogP contribution in [-0.2, 0) is 0 Å². The van der Waals surface area contributed by atoms with Crippen LogP contribution in [0.25, 0.3) is 0 Å². The number of amides is 1. The number of anilines is 1. The van der Waals surface area contributed by atoms with Crippen molar-refractivity contribution in [3.05, 3.63) is 52.7 Å². The first-order chi connectivity index (χ1) is 14.0. The summed E-state index contributed by atoms with van der Waals surface area (Å²) in [4.78, 5) is 21.0. The van der Waals surface area contributed by atoms with Crippen LogP contribution in [0.3, 0.4) is 0 Å². The second-order valence-corrected chi connectivity index (χ2v) is 7.62. The summed E-state index contributed by atoms with van der Waals surface area (Å²) in [5.41, 5.74) is 2.80. The minimum Gasteiger partial charge on any atom is -0.490 e. The molecule has 1 aromatic heterocycles. The number of carbonyl (C=O) groups excluding carboxylic acids is 1. The third kappa shape index (κ3) is 3.52. The Morgan fingerprint density at radius 3 is 2.76 bits per heavy atom. The van der Waals surface area contributed by atoms with Gasteiger partial charge < -0.3 is 19.6 Å². The van der Waals surface area contributed by atoms with Crippen molar-refractivity contribution in [3.8, 4) is 11.8 Å². The largest absolute Gasteiger partial charge is 0.490 e. The van der Waals surface area contributed by atoms with Crippen molar-refractivity contribution in [2.75, 3.05) is 31.6 Å². The molecule has 7 nitrogen and oxygen atoms in total. The van der Waals surface area contributed by atoms with Gasteiger partial charge in [-0.2, -0.15) is 5.26 Å². The number of benzene rings is 1. The van der Waals surface area contributed by atoms with E-state index in [4.69, 9.17) is 15.0 Å². The van der Waals surface area contributed by atoms with Crippen LogP contribution in [-0.4, -0.2) is 53.7 Å². The van der Waals surface area contributed by atoms with Gasteiger partial charge in [0.05, 0.1) is 35.5 Å². The van der Waals surface area contributed by atoms with Crippen molar-refractivity contribution in [2.45, 2.75) is 31.9 Å². The molecular weight excluding hydrogens is 368 g/mol. The lowest BCUT2D eigenvalue weighted by Gasteiger charge is -2.34. The Bertz CT molecular complexity index is 977. The molecule has 1 amide bonds. The Balaban J connectivity index is 1.47. The number of pyridine rings is 1. The SMILES string of the molecule is Cc1cc2c(nc1N1CCC(Oc3cccc(C#N)c3)CC1)C(CO)N(C)C2=O. The first-order valence-electron chi connectivity index (χ1n) is 9.83. The van der Waals surface area contributed by atoms with E-state index in [1.807, 2.05) is 25.1 Å². The van der Waals surface area contributed by atoms with Crippen molar-refractivity contribution >= 4 is 11.7 Å². The van der Waals surface area contributed by atoms with Crippen LogP contribution in [0.2, 0.25) is 0 Å². The summed E-state index contributed by atoms with van der Waals surface area (Å²) in [6.07, 6.45) is 1.78. The van der Waals surface area contributed by atoms with Crippen molar-refractivity contribution < 1.29 is 14.6 Å². The topological polar surface area (TPSA) is 89.7 Å². The van der Waals surface area contributed by atoms with E-state index in [9.17, 15) is 9.90 Å². The number of rotatable bonds is 4. The predicted octanol–water partition coefficient (Wildman–Crippen LogP) is 2.43. The molecule has 1 saturated heterocycles. The Kier molecular flexibility index (Phi) is 5.12. The second-order valence-electron chi connectivity index (χ2n) is 7.62. The molecule has 1 atom stereocenters.